The number of benzene rings is 3. The Balaban J connectivity index is 1.52. The Morgan fingerprint density at radius 2 is 1.55 bits per heavy atom. The van der Waals surface area contributed by atoms with Gasteiger partial charge in [-0.1, -0.05) is 78.9 Å². The molecule has 1 saturated carbocycles. The molecule has 0 radical (unpaired) electrons. The Morgan fingerprint density at radius 3 is 2.13 bits per heavy atom. The summed E-state index contributed by atoms with van der Waals surface area (Å²) in [6.45, 7) is 0.308. The third-order valence-electron chi connectivity index (χ3n) is 6.01. The normalized spacial score (nSPS) is 16.9. The number of nitrogens with one attached hydrogen (secondary N) is 2. The molecule has 0 atom stereocenters. The second-order valence-corrected chi connectivity index (χ2v) is 8.06. The van der Waals surface area contributed by atoms with Gasteiger partial charge >= 0.3 is 0 Å². The molecule has 1 aliphatic heterocycles. The summed E-state index contributed by atoms with van der Waals surface area (Å²) in [5.74, 6) is -0.0644. The van der Waals surface area contributed by atoms with Gasteiger partial charge in [-0.3, -0.25) is 15.1 Å². The van der Waals surface area contributed by atoms with Crippen LogP contribution in [0.25, 0.3) is 5.70 Å². The highest BCUT2D eigenvalue weighted by Gasteiger charge is 2.52. The lowest BCUT2D eigenvalue weighted by molar-refractivity contribution is -0.130. The van der Waals surface area contributed by atoms with E-state index in [0.29, 0.717) is 6.54 Å². The van der Waals surface area contributed by atoms with E-state index in [-0.39, 0.29) is 11.9 Å². The predicted molar refractivity (Wildman–Crippen MR) is 122 cm³/mol. The van der Waals surface area contributed by atoms with Gasteiger partial charge in [0.15, 0.2) is 11.5 Å². The summed E-state index contributed by atoms with van der Waals surface area (Å²) < 4.78 is 0. The fourth-order valence-electron chi connectivity index (χ4n) is 4.24. The lowest BCUT2D eigenvalue weighted by Crippen LogP contribution is -2.45. The zero-order chi connectivity index (χ0) is 21.4. The van der Waals surface area contributed by atoms with Crippen LogP contribution in [0.2, 0.25) is 0 Å². The molecule has 3 aromatic rings. The van der Waals surface area contributed by atoms with Crippen LogP contribution in [0.5, 0.6) is 0 Å². The zero-order valence-corrected chi connectivity index (χ0v) is 17.1. The van der Waals surface area contributed by atoms with E-state index in [0.717, 1.165) is 40.8 Å². The van der Waals surface area contributed by atoms with Crippen LogP contribution in [-0.2, 0) is 16.9 Å². The van der Waals surface area contributed by atoms with Gasteiger partial charge in [-0.2, -0.15) is 0 Å². The SMILES string of the molecule is N=C1NC(c2ccccc2)(c2ccccc2)C(=O)N1Cc1cccc(C(N)=C2CC2)c1. The highest BCUT2D eigenvalue weighted by molar-refractivity contribution is 6.10. The maximum absolute atomic E-state index is 13.9. The number of amides is 1. The van der Waals surface area contributed by atoms with Crippen molar-refractivity contribution >= 4 is 17.6 Å². The van der Waals surface area contributed by atoms with Gasteiger partial charge in [-0.25, -0.2) is 0 Å². The van der Waals surface area contributed by atoms with E-state index in [4.69, 9.17) is 11.1 Å². The molecule has 4 N–H and O–H groups in total. The molecular formula is C26H24N4O. The van der Waals surface area contributed by atoms with Crippen LogP contribution >= 0.6 is 0 Å². The molecule has 0 unspecified atom stereocenters. The highest BCUT2D eigenvalue weighted by Crippen LogP contribution is 2.37. The van der Waals surface area contributed by atoms with Crippen molar-refractivity contribution in [2.24, 2.45) is 5.73 Å². The summed E-state index contributed by atoms with van der Waals surface area (Å²) in [5, 5.41) is 11.8. The molecular weight excluding hydrogens is 384 g/mol. The van der Waals surface area contributed by atoms with Gasteiger partial charge in [0.2, 0.25) is 0 Å². The summed E-state index contributed by atoms with van der Waals surface area (Å²) in [6.07, 6.45) is 2.12. The van der Waals surface area contributed by atoms with Crippen molar-refractivity contribution in [3.8, 4) is 0 Å². The van der Waals surface area contributed by atoms with Crippen LogP contribution in [0, 0.1) is 5.41 Å². The van der Waals surface area contributed by atoms with Crippen LogP contribution in [0.1, 0.15) is 35.1 Å². The Labute approximate surface area is 181 Å². The molecule has 31 heavy (non-hydrogen) atoms. The Bertz CT molecular complexity index is 1140. The van der Waals surface area contributed by atoms with Gasteiger partial charge in [0, 0.05) is 5.70 Å². The Hall–Kier alpha value is -3.86. The van der Waals surface area contributed by atoms with Gasteiger partial charge in [0.1, 0.15) is 0 Å². The first-order chi connectivity index (χ1) is 15.1. The van der Waals surface area contributed by atoms with Gasteiger partial charge in [0.05, 0.1) is 6.54 Å². The minimum Gasteiger partial charge on any atom is -0.398 e. The molecule has 2 aliphatic rings. The molecule has 0 spiro atoms. The monoisotopic (exact) mass is 408 g/mol. The number of guanidine groups is 1. The zero-order valence-electron chi connectivity index (χ0n) is 17.1. The molecule has 0 aromatic heterocycles. The molecule has 1 heterocycles. The molecule has 2 fully saturated rings. The van der Waals surface area contributed by atoms with E-state index in [1.165, 1.54) is 10.5 Å². The number of allylic oxidation sites excluding steroid dienone is 1. The van der Waals surface area contributed by atoms with E-state index in [1.807, 2.05) is 84.9 Å². The summed E-state index contributed by atoms with van der Waals surface area (Å²) in [5.41, 5.74) is 10.8. The van der Waals surface area contributed by atoms with Gasteiger partial charge in [-0.15, -0.1) is 0 Å². The molecule has 1 aliphatic carbocycles. The van der Waals surface area contributed by atoms with Crippen LogP contribution in [0.4, 0.5) is 0 Å². The van der Waals surface area contributed by atoms with Crippen molar-refractivity contribution in [1.82, 2.24) is 10.2 Å². The highest BCUT2D eigenvalue weighted by atomic mass is 16.2. The van der Waals surface area contributed by atoms with Crippen LogP contribution in [0.3, 0.4) is 0 Å². The first-order valence-corrected chi connectivity index (χ1v) is 10.5. The first-order valence-electron chi connectivity index (χ1n) is 10.5. The minimum absolute atomic E-state index is 0.0941. The minimum atomic E-state index is -1.12. The number of nitrogens with two attached hydrogens (primary N) is 1. The third-order valence-corrected chi connectivity index (χ3v) is 6.01. The fraction of sp³-hybridized carbons (Fsp3) is 0.154. The molecule has 0 bridgehead atoms. The van der Waals surface area contributed by atoms with E-state index in [9.17, 15) is 4.79 Å². The smallest absolute Gasteiger partial charge is 0.264 e. The number of carbonyl (C=O) groups is 1. The van der Waals surface area contributed by atoms with E-state index >= 15 is 0 Å². The quantitative estimate of drug-likeness (QED) is 0.598. The maximum Gasteiger partial charge on any atom is 0.264 e. The van der Waals surface area contributed by atoms with Crippen molar-refractivity contribution in [1.29, 1.82) is 5.41 Å². The predicted octanol–water partition coefficient (Wildman–Crippen LogP) is 3.96. The molecule has 154 valence electrons. The van der Waals surface area contributed by atoms with Crippen LogP contribution in [0.15, 0.2) is 90.5 Å². The molecule has 3 aromatic carbocycles. The van der Waals surface area contributed by atoms with Gasteiger partial charge in [-0.05, 0) is 46.7 Å². The molecule has 5 heteroatoms. The van der Waals surface area contributed by atoms with Crippen LogP contribution in [-0.4, -0.2) is 16.8 Å². The maximum atomic E-state index is 13.9. The average Bonchev–Trinajstić information content (AvgIpc) is 3.63. The van der Waals surface area contributed by atoms with Crippen molar-refractivity contribution in [2.75, 3.05) is 0 Å². The second-order valence-electron chi connectivity index (χ2n) is 8.06. The van der Waals surface area contributed by atoms with Crippen molar-refractivity contribution in [2.45, 2.75) is 24.9 Å². The topological polar surface area (TPSA) is 82.2 Å². The first kappa shape index (κ1) is 19.1. The average molecular weight is 409 g/mol. The van der Waals surface area contributed by atoms with Crippen LogP contribution < -0.4 is 11.1 Å². The Morgan fingerprint density at radius 1 is 0.935 bits per heavy atom. The lowest BCUT2D eigenvalue weighted by Gasteiger charge is -2.28. The van der Waals surface area contributed by atoms with Crippen molar-refractivity contribution < 1.29 is 4.79 Å². The van der Waals surface area contributed by atoms with Gasteiger partial charge < -0.3 is 11.1 Å². The lowest BCUT2D eigenvalue weighted by atomic mass is 9.82. The summed E-state index contributed by atoms with van der Waals surface area (Å²) >= 11 is 0. The van der Waals surface area contributed by atoms with Crippen molar-refractivity contribution in [3.05, 3.63) is 113 Å². The number of hydrogen-bond acceptors (Lipinski definition) is 3. The molecule has 5 rings (SSSR count). The second kappa shape index (κ2) is 7.43. The van der Waals surface area contributed by atoms with Crippen molar-refractivity contribution in [3.63, 3.8) is 0 Å². The van der Waals surface area contributed by atoms with E-state index in [1.54, 1.807) is 0 Å². The van der Waals surface area contributed by atoms with Gasteiger partial charge in [0.25, 0.3) is 5.91 Å². The molecule has 5 nitrogen and oxygen atoms in total. The molecule has 1 saturated heterocycles. The van der Waals surface area contributed by atoms with E-state index in [2.05, 4.69) is 5.32 Å². The van der Waals surface area contributed by atoms with E-state index < -0.39 is 5.54 Å². The largest absolute Gasteiger partial charge is 0.398 e. The number of nitrogens with zero attached hydrogens (tertiary/aromatic N) is 1. The fourth-order valence-corrected chi connectivity index (χ4v) is 4.24. The molecule has 1 amide bonds. The Kier molecular flexibility index (Phi) is 4.59. The summed E-state index contributed by atoms with van der Waals surface area (Å²) in [4.78, 5) is 15.4. The number of rotatable bonds is 5. The standard InChI is InChI=1S/C26H24N4O/c27-23(19-14-15-19)20-9-7-8-18(16-20)17-30-24(31)26(29-25(30)28,21-10-3-1-4-11-21)22-12-5-2-6-13-22/h1-13,16H,14-15,17,27H2,(H2,28,29). The number of carbonyl (C=O) groups excluding carboxylic acids is 1. The number of hydrogen-bond donors (Lipinski definition) is 3. The third kappa shape index (κ3) is 3.28. The summed E-state index contributed by atoms with van der Waals surface area (Å²) in [7, 11) is 0. The summed E-state index contributed by atoms with van der Waals surface area (Å²) in [6, 6.07) is 27.2.